The first kappa shape index (κ1) is 29.1. The number of ether oxygens (including phenoxy) is 2. The predicted octanol–water partition coefficient (Wildman–Crippen LogP) is 5.20. The summed E-state index contributed by atoms with van der Waals surface area (Å²) in [6, 6.07) is 5.72. The number of nitrogens with zero attached hydrogens (tertiary/aromatic N) is 2. The average Bonchev–Trinajstić information content (AvgIpc) is 3.61. The van der Waals surface area contributed by atoms with E-state index in [0.717, 1.165) is 42.0 Å². The number of aliphatic carboxylic acids is 1. The van der Waals surface area contributed by atoms with Crippen molar-refractivity contribution in [3.63, 3.8) is 0 Å². The number of alkyl carbamates (subject to hydrolysis) is 1. The molecule has 0 radical (unpaired) electrons. The zero-order chi connectivity index (χ0) is 28.9. The van der Waals surface area contributed by atoms with Crippen molar-refractivity contribution in [3.8, 4) is 5.88 Å². The molecule has 1 saturated carbocycles. The Hall–Kier alpha value is -3.88. The molecule has 40 heavy (non-hydrogen) atoms. The largest absolute Gasteiger partial charge is 0.480 e. The number of allylic oxidation sites excluding steroid dienone is 1. The molecule has 2 fully saturated rings. The molecule has 9 heteroatoms. The fourth-order valence-electron chi connectivity index (χ4n) is 5.63. The third kappa shape index (κ3) is 6.81. The van der Waals surface area contributed by atoms with Crippen LogP contribution in [0.15, 0.2) is 49.7 Å². The van der Waals surface area contributed by atoms with E-state index in [2.05, 4.69) is 23.5 Å². The molecular weight excluding hydrogens is 510 g/mol. The second-order valence-electron chi connectivity index (χ2n) is 11.5. The van der Waals surface area contributed by atoms with Crippen LogP contribution in [0.25, 0.3) is 16.8 Å². The van der Waals surface area contributed by atoms with E-state index in [9.17, 15) is 19.5 Å². The van der Waals surface area contributed by atoms with Crippen molar-refractivity contribution in [2.75, 3.05) is 13.2 Å². The number of likely N-dealkylation sites (tertiary alicyclic amines) is 1. The Balaban J connectivity index is 1.51. The van der Waals surface area contributed by atoms with Crippen LogP contribution < -0.4 is 10.1 Å². The van der Waals surface area contributed by atoms with E-state index in [4.69, 9.17) is 9.47 Å². The van der Waals surface area contributed by atoms with Crippen LogP contribution in [0, 0.1) is 11.3 Å². The predicted molar refractivity (Wildman–Crippen MR) is 153 cm³/mol. The molecule has 9 nitrogen and oxygen atoms in total. The van der Waals surface area contributed by atoms with Gasteiger partial charge in [0.15, 0.2) is 0 Å². The maximum Gasteiger partial charge on any atom is 0.407 e. The summed E-state index contributed by atoms with van der Waals surface area (Å²) >= 11 is 0. The number of hydrogen-bond donors (Lipinski definition) is 2. The third-order valence-corrected chi connectivity index (χ3v) is 7.80. The Labute approximate surface area is 235 Å². The van der Waals surface area contributed by atoms with Crippen molar-refractivity contribution < 1.29 is 29.0 Å². The maximum atomic E-state index is 13.9. The number of amides is 2. The molecule has 2 aliphatic rings. The molecule has 0 spiro atoms. The quantitative estimate of drug-likeness (QED) is 0.370. The molecule has 2 aromatic rings. The van der Waals surface area contributed by atoms with Gasteiger partial charge in [-0.25, -0.2) is 14.6 Å². The van der Waals surface area contributed by atoms with E-state index in [1.54, 1.807) is 18.3 Å². The molecule has 1 saturated heterocycles. The fourth-order valence-corrected chi connectivity index (χ4v) is 5.63. The Morgan fingerprint density at radius 3 is 2.65 bits per heavy atom. The van der Waals surface area contributed by atoms with Crippen molar-refractivity contribution >= 4 is 34.8 Å². The Morgan fingerprint density at radius 2 is 1.98 bits per heavy atom. The third-order valence-electron chi connectivity index (χ3n) is 7.80. The Morgan fingerprint density at radius 1 is 1.23 bits per heavy atom. The summed E-state index contributed by atoms with van der Waals surface area (Å²) in [7, 11) is 0. The van der Waals surface area contributed by atoms with E-state index < -0.39 is 36.2 Å². The number of rotatable bonds is 11. The summed E-state index contributed by atoms with van der Waals surface area (Å²) in [4.78, 5) is 44.6. The van der Waals surface area contributed by atoms with E-state index in [0.29, 0.717) is 12.3 Å². The molecule has 214 valence electrons. The number of carboxylic acids is 1. The minimum absolute atomic E-state index is 0.0708. The summed E-state index contributed by atoms with van der Waals surface area (Å²) in [6.45, 7) is 11.7. The lowest BCUT2D eigenvalue weighted by Gasteiger charge is -2.30. The molecular formula is C31H39N3O6. The number of pyridine rings is 1. The van der Waals surface area contributed by atoms with Crippen LogP contribution in [0.1, 0.15) is 57.9 Å². The van der Waals surface area contributed by atoms with Crippen LogP contribution in [0.5, 0.6) is 5.88 Å². The number of aromatic nitrogens is 1. The molecule has 2 amide bonds. The van der Waals surface area contributed by atoms with Gasteiger partial charge < -0.3 is 24.8 Å². The van der Waals surface area contributed by atoms with Gasteiger partial charge in [0.1, 0.15) is 18.2 Å². The lowest BCUT2D eigenvalue weighted by molar-refractivity contribution is -0.149. The summed E-state index contributed by atoms with van der Waals surface area (Å²) in [5.74, 6) is -1.25. The average molecular weight is 550 g/mol. The highest BCUT2D eigenvalue weighted by atomic mass is 16.5. The molecule has 0 unspecified atom stereocenters. The molecule has 1 aliphatic carbocycles. The topological polar surface area (TPSA) is 118 Å². The van der Waals surface area contributed by atoms with Crippen molar-refractivity contribution in [1.29, 1.82) is 0 Å². The summed E-state index contributed by atoms with van der Waals surface area (Å²) < 4.78 is 11.7. The van der Waals surface area contributed by atoms with Crippen molar-refractivity contribution in [2.45, 2.75) is 70.6 Å². The standard InChI is InChI=1S/C31H39N3O6/c1-5-14-31(3,4)19-39-30(38)33-26(22-9-7-8-10-22)28(35)34-18-23(17-25(34)29(36)37)40-27-24-16-20(6-2)11-12-21(24)13-15-32-27/h5-6,11-13,15-16,22-23,25-26H,1-2,7-10,14,17-19H2,3-4H3,(H,33,38)(H,36,37)/t23-,25+,26+/m1/s1. The smallest absolute Gasteiger partial charge is 0.407 e. The highest BCUT2D eigenvalue weighted by molar-refractivity contribution is 5.91. The van der Waals surface area contributed by atoms with Gasteiger partial charge in [0.2, 0.25) is 11.8 Å². The highest BCUT2D eigenvalue weighted by Gasteiger charge is 2.45. The first-order valence-electron chi connectivity index (χ1n) is 13.9. The lowest BCUT2D eigenvalue weighted by atomic mass is 9.91. The summed E-state index contributed by atoms with van der Waals surface area (Å²) in [5.41, 5.74) is 0.615. The second-order valence-corrected chi connectivity index (χ2v) is 11.5. The van der Waals surface area contributed by atoms with Gasteiger partial charge in [-0.1, -0.05) is 57.6 Å². The van der Waals surface area contributed by atoms with Gasteiger partial charge >= 0.3 is 12.1 Å². The molecule has 2 heterocycles. The van der Waals surface area contributed by atoms with Gasteiger partial charge in [-0.05, 0) is 48.3 Å². The Kier molecular flexibility index (Phi) is 9.12. The minimum atomic E-state index is -1.11. The van der Waals surface area contributed by atoms with Crippen LogP contribution >= 0.6 is 0 Å². The van der Waals surface area contributed by atoms with Gasteiger partial charge in [-0.15, -0.1) is 6.58 Å². The summed E-state index contributed by atoms with van der Waals surface area (Å²) in [6.07, 6.45) is 8.11. The number of fused-ring (bicyclic) bond motifs is 1. The van der Waals surface area contributed by atoms with Gasteiger partial charge in [0.25, 0.3) is 0 Å². The zero-order valence-electron chi connectivity index (χ0n) is 23.3. The van der Waals surface area contributed by atoms with Crippen LogP contribution in [0.3, 0.4) is 0 Å². The normalized spacial score (nSPS) is 20.2. The number of hydrogen-bond acceptors (Lipinski definition) is 6. The number of nitrogens with one attached hydrogen (secondary N) is 1. The molecule has 3 atom stereocenters. The van der Waals surface area contributed by atoms with Crippen LogP contribution in [0.4, 0.5) is 4.79 Å². The minimum Gasteiger partial charge on any atom is -0.480 e. The number of carbonyl (C=O) groups excluding carboxylic acids is 2. The Bertz CT molecular complexity index is 1270. The van der Waals surface area contributed by atoms with E-state index in [-0.39, 0.29) is 30.9 Å². The molecule has 2 N–H and O–H groups in total. The maximum absolute atomic E-state index is 13.9. The lowest BCUT2D eigenvalue weighted by Crippen LogP contribution is -2.54. The molecule has 4 rings (SSSR count). The van der Waals surface area contributed by atoms with E-state index >= 15 is 0 Å². The van der Waals surface area contributed by atoms with Crippen LogP contribution in [-0.4, -0.2) is 64.3 Å². The molecule has 1 aromatic carbocycles. The zero-order valence-corrected chi connectivity index (χ0v) is 23.3. The molecule has 1 aliphatic heterocycles. The van der Waals surface area contributed by atoms with Crippen molar-refractivity contribution in [2.24, 2.45) is 11.3 Å². The van der Waals surface area contributed by atoms with Gasteiger partial charge in [0, 0.05) is 23.4 Å². The van der Waals surface area contributed by atoms with Crippen molar-refractivity contribution in [3.05, 3.63) is 55.3 Å². The van der Waals surface area contributed by atoms with Gasteiger partial charge in [-0.3, -0.25) is 4.79 Å². The molecule has 0 bridgehead atoms. The first-order chi connectivity index (χ1) is 19.1. The van der Waals surface area contributed by atoms with Gasteiger partial charge in [-0.2, -0.15) is 0 Å². The number of carboxylic acid groups (broad SMARTS) is 1. The molecule has 1 aromatic heterocycles. The van der Waals surface area contributed by atoms with Gasteiger partial charge in [0.05, 0.1) is 13.2 Å². The monoisotopic (exact) mass is 549 g/mol. The van der Waals surface area contributed by atoms with Crippen molar-refractivity contribution in [1.82, 2.24) is 15.2 Å². The van der Waals surface area contributed by atoms with Crippen LogP contribution in [-0.2, 0) is 14.3 Å². The first-order valence-corrected chi connectivity index (χ1v) is 13.9. The highest BCUT2D eigenvalue weighted by Crippen LogP contribution is 2.32. The number of benzene rings is 1. The fraction of sp³-hybridized carbons (Fsp3) is 0.484. The SMILES string of the molecule is C=CCC(C)(C)COC(=O)N[C@H](C(=O)N1C[C@H](Oc2nccc3ccc(C=C)cc23)C[C@H]1C(=O)O)C1CCCC1. The summed E-state index contributed by atoms with van der Waals surface area (Å²) in [5, 5.41) is 14.5. The second kappa shape index (κ2) is 12.5. The van der Waals surface area contributed by atoms with Crippen LogP contribution in [0.2, 0.25) is 0 Å². The number of carbonyl (C=O) groups is 3. The van der Waals surface area contributed by atoms with E-state index in [1.165, 1.54) is 4.90 Å². The van der Waals surface area contributed by atoms with E-state index in [1.807, 2.05) is 38.1 Å².